The zero-order valence-corrected chi connectivity index (χ0v) is 7.07. The highest BCUT2D eigenvalue weighted by molar-refractivity contribution is 4.92. The fourth-order valence-corrected chi connectivity index (χ4v) is 1.93. The van der Waals surface area contributed by atoms with Crippen molar-refractivity contribution >= 4 is 0 Å². The van der Waals surface area contributed by atoms with Crippen LogP contribution in [0.4, 0.5) is 0 Å². The maximum Gasteiger partial charge on any atom is 0.104 e. The van der Waals surface area contributed by atoms with E-state index in [9.17, 15) is 0 Å². The molecule has 4 atom stereocenters. The lowest BCUT2D eigenvalue weighted by Gasteiger charge is -2.18. The molecular weight excluding hydrogens is 156 g/mol. The molecule has 2 saturated heterocycles. The van der Waals surface area contributed by atoms with Crippen molar-refractivity contribution in [3.05, 3.63) is 0 Å². The van der Waals surface area contributed by atoms with E-state index in [1.54, 1.807) is 0 Å². The van der Waals surface area contributed by atoms with E-state index in [1.807, 2.05) is 0 Å². The fourth-order valence-electron chi connectivity index (χ4n) is 1.93. The highest BCUT2D eigenvalue weighted by atomic mass is 16.6. The average Bonchev–Trinajstić information content (AvgIpc) is 2.96. The molecule has 0 amide bonds. The Labute approximate surface area is 72.0 Å². The molecule has 0 aromatic heterocycles. The molecule has 0 bridgehead atoms. The van der Waals surface area contributed by atoms with Crippen LogP contribution < -0.4 is 0 Å². The van der Waals surface area contributed by atoms with Gasteiger partial charge >= 0.3 is 0 Å². The standard InChI is InChI=1S/C9H14O3/c1-2-8-9(12-8)3-6(1)10-4-7-5-11-7/h6-9H,1-5H2. The van der Waals surface area contributed by atoms with E-state index in [0.717, 1.165) is 19.6 Å². The molecule has 3 nitrogen and oxygen atoms in total. The Balaban J connectivity index is 1.42. The first kappa shape index (κ1) is 7.30. The van der Waals surface area contributed by atoms with Crippen molar-refractivity contribution in [3.63, 3.8) is 0 Å². The normalized spacial score (nSPS) is 50.0. The second-order valence-electron chi connectivity index (χ2n) is 3.94. The van der Waals surface area contributed by atoms with E-state index in [-0.39, 0.29) is 0 Å². The van der Waals surface area contributed by atoms with Gasteiger partial charge in [-0.15, -0.1) is 0 Å². The molecule has 2 aliphatic heterocycles. The molecular formula is C9H14O3. The number of hydrogen-bond acceptors (Lipinski definition) is 3. The first-order chi connectivity index (χ1) is 5.92. The van der Waals surface area contributed by atoms with Gasteiger partial charge in [-0.3, -0.25) is 0 Å². The third kappa shape index (κ3) is 1.49. The molecule has 3 fully saturated rings. The maximum atomic E-state index is 5.70. The van der Waals surface area contributed by atoms with Gasteiger partial charge in [-0.2, -0.15) is 0 Å². The Morgan fingerprint density at radius 3 is 2.92 bits per heavy atom. The highest BCUT2D eigenvalue weighted by Gasteiger charge is 2.44. The summed E-state index contributed by atoms with van der Waals surface area (Å²) >= 11 is 0. The SMILES string of the molecule is C1CC2OC2CC1OCC1CO1. The molecule has 12 heavy (non-hydrogen) atoms. The summed E-state index contributed by atoms with van der Waals surface area (Å²) in [5.41, 5.74) is 0. The first-order valence-corrected chi connectivity index (χ1v) is 4.80. The summed E-state index contributed by atoms with van der Waals surface area (Å²) in [5.74, 6) is 0. The minimum Gasteiger partial charge on any atom is -0.375 e. The molecule has 3 aliphatic rings. The van der Waals surface area contributed by atoms with E-state index in [1.165, 1.54) is 12.8 Å². The van der Waals surface area contributed by atoms with Crippen LogP contribution in [0, 0.1) is 0 Å². The predicted molar refractivity (Wildman–Crippen MR) is 42.0 cm³/mol. The molecule has 68 valence electrons. The van der Waals surface area contributed by atoms with Gasteiger partial charge < -0.3 is 14.2 Å². The van der Waals surface area contributed by atoms with Gasteiger partial charge in [0, 0.05) is 6.42 Å². The van der Waals surface area contributed by atoms with Crippen LogP contribution in [0.2, 0.25) is 0 Å². The quantitative estimate of drug-likeness (QED) is 0.585. The summed E-state index contributed by atoms with van der Waals surface area (Å²) in [5, 5.41) is 0. The molecule has 0 aromatic carbocycles. The Morgan fingerprint density at radius 1 is 1.25 bits per heavy atom. The zero-order chi connectivity index (χ0) is 7.97. The Morgan fingerprint density at radius 2 is 2.17 bits per heavy atom. The molecule has 1 saturated carbocycles. The van der Waals surface area contributed by atoms with Gasteiger partial charge in [0.15, 0.2) is 0 Å². The number of rotatable bonds is 3. The molecule has 0 N–H and O–H groups in total. The van der Waals surface area contributed by atoms with Gasteiger partial charge in [-0.05, 0) is 12.8 Å². The fraction of sp³-hybridized carbons (Fsp3) is 1.00. The summed E-state index contributed by atoms with van der Waals surface area (Å²) in [7, 11) is 0. The Hall–Kier alpha value is -0.120. The third-order valence-electron chi connectivity index (χ3n) is 2.88. The van der Waals surface area contributed by atoms with Crippen molar-refractivity contribution in [1.29, 1.82) is 0 Å². The molecule has 0 radical (unpaired) electrons. The third-order valence-corrected chi connectivity index (χ3v) is 2.88. The molecule has 3 rings (SSSR count). The van der Waals surface area contributed by atoms with Crippen molar-refractivity contribution in [1.82, 2.24) is 0 Å². The van der Waals surface area contributed by atoms with Gasteiger partial charge in [0.05, 0.1) is 31.5 Å². The number of fused-ring (bicyclic) bond motifs is 1. The zero-order valence-electron chi connectivity index (χ0n) is 7.07. The van der Waals surface area contributed by atoms with Crippen molar-refractivity contribution < 1.29 is 14.2 Å². The van der Waals surface area contributed by atoms with Crippen LogP contribution in [0.1, 0.15) is 19.3 Å². The monoisotopic (exact) mass is 170 g/mol. The minimum absolute atomic E-state index is 0.405. The minimum atomic E-state index is 0.405. The molecule has 4 unspecified atom stereocenters. The summed E-state index contributed by atoms with van der Waals surface area (Å²) in [4.78, 5) is 0. The van der Waals surface area contributed by atoms with Crippen LogP contribution in [0.25, 0.3) is 0 Å². The average molecular weight is 170 g/mol. The summed E-state index contributed by atoms with van der Waals surface area (Å²) in [6, 6.07) is 0. The smallest absolute Gasteiger partial charge is 0.104 e. The van der Waals surface area contributed by atoms with Gasteiger partial charge in [0.25, 0.3) is 0 Å². The van der Waals surface area contributed by atoms with Crippen molar-refractivity contribution in [3.8, 4) is 0 Å². The van der Waals surface area contributed by atoms with E-state index in [2.05, 4.69) is 0 Å². The molecule has 2 heterocycles. The lowest BCUT2D eigenvalue weighted by atomic mass is 9.98. The van der Waals surface area contributed by atoms with E-state index in [0.29, 0.717) is 24.4 Å². The second kappa shape index (κ2) is 2.69. The van der Waals surface area contributed by atoms with Gasteiger partial charge in [-0.25, -0.2) is 0 Å². The van der Waals surface area contributed by atoms with Crippen molar-refractivity contribution in [2.24, 2.45) is 0 Å². The Kier molecular flexibility index (Phi) is 1.63. The summed E-state index contributed by atoms with van der Waals surface area (Å²) in [6.07, 6.45) is 5.44. The molecule has 0 aromatic rings. The molecule has 3 heteroatoms. The van der Waals surface area contributed by atoms with Crippen LogP contribution in [-0.2, 0) is 14.2 Å². The van der Waals surface area contributed by atoms with Crippen LogP contribution in [0.3, 0.4) is 0 Å². The van der Waals surface area contributed by atoms with E-state index < -0.39 is 0 Å². The lowest BCUT2D eigenvalue weighted by Crippen LogP contribution is -2.23. The van der Waals surface area contributed by atoms with Crippen LogP contribution >= 0.6 is 0 Å². The maximum absolute atomic E-state index is 5.70. The van der Waals surface area contributed by atoms with Crippen LogP contribution in [-0.4, -0.2) is 37.6 Å². The second-order valence-corrected chi connectivity index (χ2v) is 3.94. The first-order valence-electron chi connectivity index (χ1n) is 4.80. The van der Waals surface area contributed by atoms with Crippen molar-refractivity contribution in [2.75, 3.05) is 13.2 Å². The topological polar surface area (TPSA) is 34.3 Å². The van der Waals surface area contributed by atoms with Crippen molar-refractivity contribution in [2.45, 2.75) is 43.7 Å². The lowest BCUT2D eigenvalue weighted by molar-refractivity contribution is 0.0242. The van der Waals surface area contributed by atoms with Gasteiger partial charge in [0.1, 0.15) is 6.10 Å². The molecule has 1 aliphatic carbocycles. The van der Waals surface area contributed by atoms with Crippen LogP contribution in [0.15, 0.2) is 0 Å². The van der Waals surface area contributed by atoms with Gasteiger partial charge in [-0.1, -0.05) is 0 Å². The number of ether oxygens (including phenoxy) is 3. The predicted octanol–water partition coefficient (Wildman–Crippen LogP) is 0.722. The summed E-state index contributed by atoms with van der Waals surface area (Å²) < 4.78 is 16.2. The van der Waals surface area contributed by atoms with Gasteiger partial charge in [0.2, 0.25) is 0 Å². The van der Waals surface area contributed by atoms with E-state index >= 15 is 0 Å². The molecule has 0 spiro atoms. The van der Waals surface area contributed by atoms with E-state index in [4.69, 9.17) is 14.2 Å². The number of epoxide rings is 2. The highest BCUT2D eigenvalue weighted by Crippen LogP contribution is 2.37. The van der Waals surface area contributed by atoms with Crippen LogP contribution in [0.5, 0.6) is 0 Å². The largest absolute Gasteiger partial charge is 0.375 e. The number of hydrogen-bond donors (Lipinski definition) is 0. The summed E-state index contributed by atoms with van der Waals surface area (Å²) in [6.45, 7) is 1.69. The Bertz CT molecular complexity index is 179.